The molecule has 7 nitrogen and oxygen atoms in total. The van der Waals surface area contributed by atoms with Crippen molar-refractivity contribution in [2.24, 2.45) is 5.92 Å². The number of nitrogens with zero attached hydrogens (tertiary/aromatic N) is 1. The first-order valence-electron chi connectivity index (χ1n) is 5.82. The number of carbonyl (C=O) groups excluding carboxylic acids is 3. The predicted octanol–water partition coefficient (Wildman–Crippen LogP) is -0.685. The fourth-order valence-corrected chi connectivity index (χ4v) is 2.24. The number of carboxylic acids is 1. The first-order valence-corrected chi connectivity index (χ1v) is 6.97. The Morgan fingerprint density at radius 1 is 1.42 bits per heavy atom. The highest BCUT2D eigenvalue weighted by molar-refractivity contribution is 8.00. The van der Waals surface area contributed by atoms with E-state index < -0.39 is 5.97 Å². The molecule has 0 aromatic carbocycles. The van der Waals surface area contributed by atoms with Crippen LogP contribution < -0.4 is 5.32 Å². The maximum atomic E-state index is 11.6. The molecule has 1 heterocycles. The minimum absolute atomic E-state index is 0.0462. The van der Waals surface area contributed by atoms with Gasteiger partial charge in [0.25, 0.3) is 0 Å². The van der Waals surface area contributed by atoms with Crippen LogP contribution in [0.25, 0.3) is 0 Å². The van der Waals surface area contributed by atoms with Gasteiger partial charge in [-0.25, -0.2) is 0 Å². The van der Waals surface area contributed by atoms with Gasteiger partial charge in [0, 0.05) is 25.4 Å². The minimum atomic E-state index is -0.972. The van der Waals surface area contributed by atoms with Gasteiger partial charge in [-0.15, -0.1) is 11.8 Å². The number of likely N-dealkylation sites (tertiary alicyclic amines) is 1. The smallest absolute Gasteiger partial charge is 0.313 e. The SMILES string of the molecule is CC1CC(=O)N(CCNC(=O)CSCC(=O)O)C1=O. The number of thioether (sulfide) groups is 1. The third-order valence-corrected chi connectivity index (χ3v) is 3.50. The molecule has 0 bridgehead atoms. The van der Waals surface area contributed by atoms with Crippen molar-refractivity contribution in [3.8, 4) is 0 Å². The third-order valence-electron chi connectivity index (χ3n) is 2.59. The molecule has 1 atom stereocenters. The zero-order chi connectivity index (χ0) is 14.4. The predicted molar refractivity (Wildman–Crippen MR) is 68.5 cm³/mol. The first-order chi connectivity index (χ1) is 8.91. The second kappa shape index (κ2) is 7.13. The van der Waals surface area contributed by atoms with E-state index in [1.807, 2.05) is 0 Å². The Bertz CT molecular complexity index is 399. The van der Waals surface area contributed by atoms with Crippen molar-refractivity contribution >= 4 is 35.5 Å². The molecule has 3 amide bonds. The Morgan fingerprint density at radius 2 is 2.11 bits per heavy atom. The van der Waals surface area contributed by atoms with Crippen molar-refractivity contribution in [1.82, 2.24) is 10.2 Å². The number of aliphatic carboxylic acids is 1. The van der Waals surface area contributed by atoms with Crippen molar-refractivity contribution in [2.75, 3.05) is 24.6 Å². The van der Waals surface area contributed by atoms with Gasteiger partial charge in [0.2, 0.25) is 17.7 Å². The van der Waals surface area contributed by atoms with E-state index >= 15 is 0 Å². The highest BCUT2D eigenvalue weighted by Crippen LogP contribution is 2.17. The summed E-state index contributed by atoms with van der Waals surface area (Å²) in [6, 6.07) is 0. The second-order valence-corrected chi connectivity index (χ2v) is 5.21. The summed E-state index contributed by atoms with van der Waals surface area (Å²) in [6.45, 7) is 2.05. The highest BCUT2D eigenvalue weighted by atomic mass is 32.2. The molecule has 1 unspecified atom stereocenters. The summed E-state index contributed by atoms with van der Waals surface area (Å²) in [5, 5.41) is 10.9. The van der Waals surface area contributed by atoms with E-state index in [2.05, 4.69) is 5.32 Å². The van der Waals surface area contributed by atoms with Crippen LogP contribution in [-0.4, -0.2) is 58.3 Å². The van der Waals surface area contributed by atoms with Crippen molar-refractivity contribution in [3.05, 3.63) is 0 Å². The van der Waals surface area contributed by atoms with E-state index in [-0.39, 0.29) is 54.7 Å². The van der Waals surface area contributed by atoms with Crippen molar-refractivity contribution in [1.29, 1.82) is 0 Å². The van der Waals surface area contributed by atoms with Gasteiger partial charge in [-0.1, -0.05) is 6.92 Å². The van der Waals surface area contributed by atoms with Crippen LogP contribution in [0, 0.1) is 5.92 Å². The van der Waals surface area contributed by atoms with Gasteiger partial charge in [0.15, 0.2) is 0 Å². The molecule has 0 spiro atoms. The van der Waals surface area contributed by atoms with E-state index in [0.29, 0.717) is 0 Å². The van der Waals surface area contributed by atoms with E-state index in [4.69, 9.17) is 5.11 Å². The lowest BCUT2D eigenvalue weighted by Gasteiger charge is -2.14. The Balaban J connectivity index is 2.20. The van der Waals surface area contributed by atoms with Gasteiger partial charge in [-0.05, 0) is 0 Å². The lowest BCUT2D eigenvalue weighted by atomic mass is 10.1. The monoisotopic (exact) mass is 288 g/mol. The minimum Gasteiger partial charge on any atom is -0.481 e. The van der Waals surface area contributed by atoms with Crippen LogP contribution in [0.2, 0.25) is 0 Å². The van der Waals surface area contributed by atoms with Gasteiger partial charge >= 0.3 is 5.97 Å². The maximum Gasteiger partial charge on any atom is 0.313 e. The summed E-state index contributed by atoms with van der Waals surface area (Å²) >= 11 is 0.995. The van der Waals surface area contributed by atoms with Crippen molar-refractivity contribution in [3.63, 3.8) is 0 Å². The van der Waals surface area contributed by atoms with Crippen LogP contribution >= 0.6 is 11.8 Å². The molecule has 8 heteroatoms. The van der Waals surface area contributed by atoms with Gasteiger partial charge < -0.3 is 10.4 Å². The fraction of sp³-hybridized carbons (Fsp3) is 0.636. The number of rotatable bonds is 7. The molecule has 0 saturated carbocycles. The number of carbonyl (C=O) groups is 4. The van der Waals surface area contributed by atoms with Crippen LogP contribution in [0.1, 0.15) is 13.3 Å². The molecule has 0 aromatic heterocycles. The average molecular weight is 288 g/mol. The molecule has 0 aromatic rings. The largest absolute Gasteiger partial charge is 0.481 e. The molecule has 19 heavy (non-hydrogen) atoms. The molecular formula is C11H16N2O5S. The Labute approximate surface area is 114 Å². The molecule has 1 fully saturated rings. The maximum absolute atomic E-state index is 11.6. The van der Waals surface area contributed by atoms with E-state index in [1.165, 1.54) is 0 Å². The first kappa shape index (κ1) is 15.5. The molecule has 0 aliphatic carbocycles. The number of hydrogen-bond donors (Lipinski definition) is 2. The Kier molecular flexibility index (Phi) is 5.81. The summed E-state index contributed by atoms with van der Waals surface area (Å²) in [5.41, 5.74) is 0. The zero-order valence-corrected chi connectivity index (χ0v) is 11.4. The summed E-state index contributed by atoms with van der Waals surface area (Å²) in [4.78, 5) is 45.7. The van der Waals surface area contributed by atoms with Crippen LogP contribution in [0.3, 0.4) is 0 Å². The molecule has 1 saturated heterocycles. The normalized spacial score (nSPS) is 18.8. The standard InChI is InChI=1S/C11H16N2O5S/c1-7-4-9(15)13(11(7)18)3-2-12-8(14)5-19-6-10(16)17/h7H,2-6H2,1H3,(H,12,14)(H,16,17). The topological polar surface area (TPSA) is 104 Å². The number of hydrogen-bond acceptors (Lipinski definition) is 5. The van der Waals surface area contributed by atoms with Crippen LogP contribution in [0.4, 0.5) is 0 Å². The summed E-state index contributed by atoms with van der Waals surface area (Å²) in [7, 11) is 0. The van der Waals surface area contributed by atoms with Crippen LogP contribution in [0.5, 0.6) is 0 Å². The fourth-order valence-electron chi connectivity index (χ4n) is 1.67. The molecule has 2 N–H and O–H groups in total. The van der Waals surface area contributed by atoms with Crippen LogP contribution in [-0.2, 0) is 19.2 Å². The molecule has 1 aliphatic heterocycles. The lowest BCUT2D eigenvalue weighted by molar-refractivity contribution is -0.139. The zero-order valence-electron chi connectivity index (χ0n) is 10.5. The molecule has 1 aliphatic rings. The lowest BCUT2D eigenvalue weighted by Crippen LogP contribution is -2.38. The quantitative estimate of drug-likeness (QED) is 0.601. The molecule has 1 rings (SSSR count). The molecule has 0 radical (unpaired) electrons. The van der Waals surface area contributed by atoms with Crippen LogP contribution in [0.15, 0.2) is 0 Å². The number of amides is 3. The Hall–Kier alpha value is -1.57. The average Bonchev–Trinajstić information content (AvgIpc) is 2.55. The number of carboxylic acid groups (broad SMARTS) is 1. The van der Waals surface area contributed by atoms with E-state index in [0.717, 1.165) is 16.7 Å². The summed E-state index contributed by atoms with van der Waals surface area (Å²) in [5.74, 6) is -2.07. The van der Waals surface area contributed by atoms with E-state index in [9.17, 15) is 19.2 Å². The van der Waals surface area contributed by atoms with Gasteiger partial charge in [0.05, 0.1) is 11.5 Å². The van der Waals surface area contributed by atoms with E-state index in [1.54, 1.807) is 6.92 Å². The summed E-state index contributed by atoms with van der Waals surface area (Å²) < 4.78 is 0. The Morgan fingerprint density at radius 3 is 2.63 bits per heavy atom. The third kappa shape index (κ3) is 4.90. The molecule has 106 valence electrons. The number of nitrogens with one attached hydrogen (secondary N) is 1. The molecular weight excluding hydrogens is 272 g/mol. The van der Waals surface area contributed by atoms with Crippen molar-refractivity contribution in [2.45, 2.75) is 13.3 Å². The van der Waals surface area contributed by atoms with Gasteiger partial charge in [0.1, 0.15) is 0 Å². The number of imide groups is 1. The second-order valence-electron chi connectivity index (χ2n) is 4.23. The summed E-state index contributed by atoms with van der Waals surface area (Å²) in [6.07, 6.45) is 0.223. The highest BCUT2D eigenvalue weighted by Gasteiger charge is 2.34. The van der Waals surface area contributed by atoms with Crippen molar-refractivity contribution < 1.29 is 24.3 Å². The van der Waals surface area contributed by atoms with Gasteiger partial charge in [-0.3, -0.25) is 24.1 Å². The van der Waals surface area contributed by atoms with Gasteiger partial charge in [-0.2, -0.15) is 0 Å².